The highest BCUT2D eigenvalue weighted by Gasteiger charge is 2.23. The Kier molecular flexibility index (Phi) is 4.71. The molecule has 0 fully saturated rings. The predicted octanol–water partition coefficient (Wildman–Crippen LogP) is 1.53. The summed E-state index contributed by atoms with van der Waals surface area (Å²) < 4.78 is 4.98. The zero-order valence-corrected chi connectivity index (χ0v) is 10.6. The first kappa shape index (κ1) is 14.0. The molecule has 98 valence electrons. The molecule has 0 saturated carbocycles. The van der Waals surface area contributed by atoms with Gasteiger partial charge in [0.15, 0.2) is 0 Å². The average Bonchev–Trinajstić information content (AvgIpc) is 2.35. The van der Waals surface area contributed by atoms with Crippen molar-refractivity contribution in [1.29, 1.82) is 0 Å². The van der Waals surface area contributed by atoms with Crippen LogP contribution >= 0.6 is 0 Å². The van der Waals surface area contributed by atoms with Crippen molar-refractivity contribution in [3.63, 3.8) is 0 Å². The third-order valence-electron chi connectivity index (χ3n) is 2.57. The fourth-order valence-electron chi connectivity index (χ4n) is 1.48. The van der Waals surface area contributed by atoms with Gasteiger partial charge in [0.2, 0.25) is 0 Å². The van der Waals surface area contributed by atoms with Gasteiger partial charge in [0.1, 0.15) is 11.8 Å². The van der Waals surface area contributed by atoms with E-state index in [2.05, 4.69) is 5.32 Å². The molecule has 1 rings (SSSR count). The summed E-state index contributed by atoms with van der Waals surface area (Å²) in [6.45, 7) is 3.49. The summed E-state index contributed by atoms with van der Waals surface area (Å²) >= 11 is 0. The van der Waals surface area contributed by atoms with Gasteiger partial charge in [0.25, 0.3) is 5.91 Å². The number of carbonyl (C=O) groups is 2. The minimum Gasteiger partial charge on any atom is -0.497 e. The predicted molar refractivity (Wildman–Crippen MR) is 66.7 cm³/mol. The lowest BCUT2D eigenvalue weighted by Gasteiger charge is -2.17. The molecule has 0 heterocycles. The van der Waals surface area contributed by atoms with Crippen LogP contribution in [-0.4, -0.2) is 30.1 Å². The molecule has 5 nitrogen and oxygen atoms in total. The number of amides is 1. The van der Waals surface area contributed by atoms with E-state index >= 15 is 0 Å². The maximum absolute atomic E-state index is 11.8. The zero-order chi connectivity index (χ0) is 13.7. The largest absolute Gasteiger partial charge is 0.497 e. The zero-order valence-electron chi connectivity index (χ0n) is 10.6. The molecule has 0 spiro atoms. The molecule has 1 aromatic carbocycles. The van der Waals surface area contributed by atoms with Crippen molar-refractivity contribution in [3.05, 3.63) is 29.8 Å². The number of nitrogens with one attached hydrogen (secondary N) is 1. The van der Waals surface area contributed by atoms with Crippen molar-refractivity contribution in [2.75, 3.05) is 7.11 Å². The number of carboxylic acid groups (broad SMARTS) is 1. The third-order valence-corrected chi connectivity index (χ3v) is 2.57. The van der Waals surface area contributed by atoms with E-state index in [1.54, 1.807) is 38.1 Å². The molecule has 18 heavy (non-hydrogen) atoms. The van der Waals surface area contributed by atoms with Crippen LogP contribution in [0, 0.1) is 5.92 Å². The first-order valence-corrected chi connectivity index (χ1v) is 5.63. The lowest BCUT2D eigenvalue weighted by molar-refractivity contribution is -0.140. The molecule has 0 unspecified atom stereocenters. The molecule has 0 aliphatic rings. The molecular weight excluding hydrogens is 234 g/mol. The van der Waals surface area contributed by atoms with Crippen molar-refractivity contribution in [3.8, 4) is 5.75 Å². The number of methoxy groups -OCH3 is 1. The number of aliphatic carboxylic acids is 1. The van der Waals surface area contributed by atoms with Gasteiger partial charge in [0, 0.05) is 5.56 Å². The molecule has 1 amide bonds. The molecule has 0 aliphatic carbocycles. The summed E-state index contributed by atoms with van der Waals surface area (Å²) in [6.07, 6.45) is 0. The van der Waals surface area contributed by atoms with Gasteiger partial charge in [-0.1, -0.05) is 13.8 Å². The van der Waals surface area contributed by atoms with Crippen molar-refractivity contribution in [1.82, 2.24) is 5.32 Å². The average molecular weight is 251 g/mol. The Morgan fingerprint density at radius 3 is 2.17 bits per heavy atom. The lowest BCUT2D eigenvalue weighted by atomic mass is 10.0. The minimum absolute atomic E-state index is 0.176. The van der Waals surface area contributed by atoms with Crippen molar-refractivity contribution in [2.24, 2.45) is 5.92 Å². The molecule has 1 aromatic rings. The van der Waals surface area contributed by atoms with Crippen molar-refractivity contribution < 1.29 is 19.4 Å². The highest BCUT2D eigenvalue weighted by molar-refractivity contribution is 5.96. The Balaban J connectivity index is 2.77. The summed E-state index contributed by atoms with van der Waals surface area (Å²) in [5.41, 5.74) is 0.405. The highest BCUT2D eigenvalue weighted by Crippen LogP contribution is 2.12. The van der Waals surface area contributed by atoms with Gasteiger partial charge in [-0.05, 0) is 30.2 Å². The molecule has 0 aliphatic heterocycles. The van der Waals surface area contributed by atoms with E-state index in [0.29, 0.717) is 11.3 Å². The maximum Gasteiger partial charge on any atom is 0.326 e. The van der Waals surface area contributed by atoms with Crippen LogP contribution in [0.1, 0.15) is 24.2 Å². The number of hydrogen-bond acceptors (Lipinski definition) is 3. The van der Waals surface area contributed by atoms with E-state index in [0.717, 1.165) is 0 Å². The first-order valence-electron chi connectivity index (χ1n) is 5.63. The molecule has 2 N–H and O–H groups in total. The van der Waals surface area contributed by atoms with Gasteiger partial charge >= 0.3 is 5.97 Å². The van der Waals surface area contributed by atoms with Crippen molar-refractivity contribution in [2.45, 2.75) is 19.9 Å². The summed E-state index contributed by atoms with van der Waals surface area (Å²) in [5, 5.41) is 11.5. The Hall–Kier alpha value is -2.04. The van der Waals surface area contributed by atoms with E-state index in [1.165, 1.54) is 7.11 Å². The van der Waals surface area contributed by atoms with Crippen LogP contribution in [0.5, 0.6) is 5.75 Å². The van der Waals surface area contributed by atoms with Gasteiger partial charge in [-0.25, -0.2) is 4.79 Å². The first-order chi connectivity index (χ1) is 8.45. The molecule has 0 aromatic heterocycles. The topological polar surface area (TPSA) is 75.6 Å². The number of benzene rings is 1. The van der Waals surface area contributed by atoms with Crippen LogP contribution in [0.15, 0.2) is 24.3 Å². The smallest absolute Gasteiger partial charge is 0.326 e. The van der Waals surface area contributed by atoms with Gasteiger partial charge in [-0.15, -0.1) is 0 Å². The molecular formula is C13H17NO4. The van der Waals surface area contributed by atoms with E-state index < -0.39 is 17.9 Å². The number of rotatable bonds is 5. The monoisotopic (exact) mass is 251 g/mol. The van der Waals surface area contributed by atoms with Crippen LogP contribution in [0.3, 0.4) is 0 Å². The lowest BCUT2D eigenvalue weighted by Crippen LogP contribution is -2.44. The van der Waals surface area contributed by atoms with Gasteiger partial charge < -0.3 is 15.2 Å². The van der Waals surface area contributed by atoms with E-state index in [4.69, 9.17) is 9.84 Å². The SMILES string of the molecule is COc1ccc(C(=O)N[C@H](C(=O)O)C(C)C)cc1. The Morgan fingerprint density at radius 2 is 1.78 bits per heavy atom. The van der Waals surface area contributed by atoms with Crippen LogP contribution in [0.25, 0.3) is 0 Å². The van der Waals surface area contributed by atoms with Gasteiger partial charge in [0.05, 0.1) is 7.11 Å². The van der Waals surface area contributed by atoms with E-state index in [9.17, 15) is 9.59 Å². The number of ether oxygens (including phenoxy) is 1. The summed E-state index contributed by atoms with van der Waals surface area (Å²) in [4.78, 5) is 22.8. The van der Waals surface area contributed by atoms with Gasteiger partial charge in [-0.2, -0.15) is 0 Å². The van der Waals surface area contributed by atoms with E-state index in [1.807, 2.05) is 0 Å². The summed E-state index contributed by atoms with van der Waals surface area (Å²) in [7, 11) is 1.54. The Labute approximate surface area is 106 Å². The summed E-state index contributed by atoms with van der Waals surface area (Å²) in [5.74, 6) is -0.972. The van der Waals surface area contributed by atoms with Crippen molar-refractivity contribution >= 4 is 11.9 Å². The molecule has 0 saturated heterocycles. The minimum atomic E-state index is -1.04. The third kappa shape index (κ3) is 3.48. The molecule has 0 bridgehead atoms. The molecule has 5 heteroatoms. The Morgan fingerprint density at radius 1 is 1.22 bits per heavy atom. The molecule has 1 atom stereocenters. The second-order valence-corrected chi connectivity index (χ2v) is 4.26. The maximum atomic E-state index is 11.8. The van der Waals surface area contributed by atoms with Gasteiger partial charge in [-0.3, -0.25) is 4.79 Å². The fourth-order valence-corrected chi connectivity index (χ4v) is 1.48. The van der Waals surface area contributed by atoms with Crippen LogP contribution in [0.2, 0.25) is 0 Å². The van der Waals surface area contributed by atoms with E-state index in [-0.39, 0.29) is 5.92 Å². The second-order valence-electron chi connectivity index (χ2n) is 4.26. The number of carbonyl (C=O) groups excluding carboxylic acids is 1. The summed E-state index contributed by atoms with van der Waals surface area (Å²) in [6, 6.07) is 5.60. The standard InChI is InChI=1S/C13H17NO4/c1-8(2)11(13(16)17)14-12(15)9-4-6-10(18-3)7-5-9/h4-8,11H,1-3H3,(H,14,15)(H,16,17)/t11-/m0/s1. The molecule has 0 radical (unpaired) electrons. The van der Waals surface area contributed by atoms with Crippen LogP contribution < -0.4 is 10.1 Å². The van der Waals surface area contributed by atoms with Crippen LogP contribution in [-0.2, 0) is 4.79 Å². The van der Waals surface area contributed by atoms with Crippen LogP contribution in [0.4, 0.5) is 0 Å². The quantitative estimate of drug-likeness (QED) is 0.832. The normalized spacial score (nSPS) is 12.0. The highest BCUT2D eigenvalue weighted by atomic mass is 16.5. The number of carboxylic acids is 1. The Bertz CT molecular complexity index is 425. The second kappa shape index (κ2) is 6.05. The number of hydrogen-bond donors (Lipinski definition) is 2. The fraction of sp³-hybridized carbons (Fsp3) is 0.385.